The van der Waals surface area contributed by atoms with Gasteiger partial charge in [-0.15, -0.1) is 0 Å². The minimum atomic E-state index is -1.12. The lowest BCUT2D eigenvalue weighted by atomic mass is 9.92. The number of aliphatic hydroxyl groups excluding tert-OH is 1. The maximum absolute atomic E-state index is 11.2. The zero-order chi connectivity index (χ0) is 13.0. The van der Waals surface area contributed by atoms with Crippen molar-refractivity contribution in [3.05, 3.63) is 35.9 Å². The fourth-order valence-corrected chi connectivity index (χ4v) is 2.49. The smallest absolute Gasteiger partial charge is 0.137 e. The van der Waals surface area contributed by atoms with Crippen LogP contribution in [-0.4, -0.2) is 28.2 Å². The van der Waals surface area contributed by atoms with Crippen LogP contribution in [0.25, 0.3) is 0 Å². The van der Waals surface area contributed by atoms with E-state index < -0.39 is 6.09 Å². The summed E-state index contributed by atoms with van der Waals surface area (Å²) in [6, 6.07) is 9.49. The molecule has 98 valence electrons. The summed E-state index contributed by atoms with van der Waals surface area (Å²) in [5.74, 6) is 0. The van der Waals surface area contributed by atoms with Gasteiger partial charge in [-0.3, -0.25) is 0 Å². The highest BCUT2D eigenvalue weighted by atomic mass is 16.4. The number of carboxylic acid groups (broad SMARTS) is 1. The second-order valence-electron chi connectivity index (χ2n) is 4.84. The molecular formula is C14H18NO3-. The molecule has 1 aromatic rings. The van der Waals surface area contributed by atoms with Gasteiger partial charge in [-0.25, -0.2) is 0 Å². The average Bonchev–Trinajstić information content (AvgIpc) is 2.38. The third-order valence-electron chi connectivity index (χ3n) is 3.54. The molecule has 1 aromatic carbocycles. The zero-order valence-electron chi connectivity index (χ0n) is 10.3. The number of benzene rings is 1. The molecule has 0 saturated heterocycles. The Hall–Kier alpha value is -1.55. The standard InChI is InChI=1S/C14H19NO3/c16-13-8-6-12(7-9-13)15(14(17)18)10-11-4-2-1-3-5-11/h1-5,12-13,16H,6-10H2,(H,17,18)/p-1. The molecule has 1 fully saturated rings. The van der Waals surface area contributed by atoms with E-state index in [4.69, 9.17) is 0 Å². The van der Waals surface area contributed by atoms with Crippen LogP contribution in [0.5, 0.6) is 0 Å². The summed E-state index contributed by atoms with van der Waals surface area (Å²) in [4.78, 5) is 12.6. The molecule has 0 aromatic heterocycles. The van der Waals surface area contributed by atoms with Crippen LogP contribution in [0.4, 0.5) is 4.79 Å². The van der Waals surface area contributed by atoms with Gasteiger partial charge in [-0.05, 0) is 31.2 Å². The van der Waals surface area contributed by atoms with Crippen molar-refractivity contribution < 1.29 is 15.0 Å². The summed E-state index contributed by atoms with van der Waals surface area (Å²) < 4.78 is 0. The van der Waals surface area contributed by atoms with Crippen LogP contribution < -0.4 is 5.11 Å². The highest BCUT2D eigenvalue weighted by Gasteiger charge is 2.24. The number of aliphatic hydroxyl groups is 1. The first-order valence-corrected chi connectivity index (χ1v) is 6.36. The Balaban J connectivity index is 2.02. The van der Waals surface area contributed by atoms with Crippen LogP contribution in [0, 0.1) is 0 Å². The van der Waals surface area contributed by atoms with Crippen molar-refractivity contribution >= 4 is 6.09 Å². The molecule has 18 heavy (non-hydrogen) atoms. The van der Waals surface area contributed by atoms with Crippen LogP contribution in [0.15, 0.2) is 30.3 Å². The molecule has 0 spiro atoms. The quantitative estimate of drug-likeness (QED) is 0.872. The second kappa shape index (κ2) is 5.87. The topological polar surface area (TPSA) is 63.6 Å². The number of amides is 1. The average molecular weight is 248 g/mol. The molecular weight excluding hydrogens is 230 g/mol. The molecule has 1 amide bonds. The van der Waals surface area contributed by atoms with E-state index in [1.165, 1.54) is 4.90 Å². The lowest BCUT2D eigenvalue weighted by Crippen LogP contribution is -2.48. The molecule has 2 rings (SSSR count). The molecule has 1 saturated carbocycles. The van der Waals surface area contributed by atoms with Gasteiger partial charge in [-0.2, -0.15) is 0 Å². The number of carbonyl (C=O) groups is 1. The van der Waals surface area contributed by atoms with Gasteiger partial charge in [-0.1, -0.05) is 30.3 Å². The summed E-state index contributed by atoms with van der Waals surface area (Å²) >= 11 is 0. The van der Waals surface area contributed by atoms with Gasteiger partial charge in [0.1, 0.15) is 6.09 Å². The molecule has 1 aliphatic rings. The van der Waals surface area contributed by atoms with Gasteiger partial charge in [0.25, 0.3) is 0 Å². The lowest BCUT2D eigenvalue weighted by Gasteiger charge is -2.37. The fraction of sp³-hybridized carbons (Fsp3) is 0.500. The van der Waals surface area contributed by atoms with Crippen molar-refractivity contribution in [3.63, 3.8) is 0 Å². The third kappa shape index (κ3) is 3.23. The van der Waals surface area contributed by atoms with E-state index in [1.54, 1.807) is 0 Å². The molecule has 1 aliphatic carbocycles. The molecule has 0 bridgehead atoms. The Morgan fingerprint density at radius 3 is 2.39 bits per heavy atom. The van der Waals surface area contributed by atoms with Crippen LogP contribution in [0.3, 0.4) is 0 Å². The van der Waals surface area contributed by atoms with E-state index in [1.807, 2.05) is 30.3 Å². The third-order valence-corrected chi connectivity index (χ3v) is 3.54. The maximum Gasteiger partial charge on any atom is 0.137 e. The normalized spacial score (nSPS) is 23.6. The Morgan fingerprint density at radius 2 is 1.83 bits per heavy atom. The van der Waals surface area contributed by atoms with E-state index in [-0.39, 0.29) is 12.1 Å². The van der Waals surface area contributed by atoms with Crippen molar-refractivity contribution in [3.8, 4) is 0 Å². The summed E-state index contributed by atoms with van der Waals surface area (Å²) in [7, 11) is 0. The van der Waals surface area contributed by atoms with E-state index in [9.17, 15) is 15.0 Å². The highest BCUT2D eigenvalue weighted by molar-refractivity contribution is 5.63. The second-order valence-corrected chi connectivity index (χ2v) is 4.84. The molecule has 0 unspecified atom stereocenters. The molecule has 0 radical (unpaired) electrons. The summed E-state index contributed by atoms with van der Waals surface area (Å²) in [6.45, 7) is 0.365. The summed E-state index contributed by atoms with van der Waals surface area (Å²) in [5, 5.41) is 20.7. The van der Waals surface area contributed by atoms with E-state index in [0.717, 1.165) is 5.56 Å². The van der Waals surface area contributed by atoms with Gasteiger partial charge in [0, 0.05) is 12.6 Å². The lowest BCUT2D eigenvalue weighted by molar-refractivity contribution is -0.269. The van der Waals surface area contributed by atoms with Crippen LogP contribution in [0.1, 0.15) is 31.2 Å². The predicted octanol–water partition coefficient (Wildman–Crippen LogP) is 1.14. The predicted molar refractivity (Wildman–Crippen MR) is 65.6 cm³/mol. The fourth-order valence-electron chi connectivity index (χ4n) is 2.49. The minimum Gasteiger partial charge on any atom is -0.530 e. The number of nitrogens with zero attached hydrogens (tertiary/aromatic N) is 1. The van der Waals surface area contributed by atoms with Crippen molar-refractivity contribution in [1.29, 1.82) is 0 Å². The number of hydrogen-bond donors (Lipinski definition) is 1. The zero-order valence-corrected chi connectivity index (χ0v) is 10.3. The van der Waals surface area contributed by atoms with Crippen molar-refractivity contribution in [1.82, 2.24) is 4.90 Å². The number of rotatable bonds is 3. The monoisotopic (exact) mass is 248 g/mol. The first-order chi connectivity index (χ1) is 8.66. The van der Waals surface area contributed by atoms with Gasteiger partial charge >= 0.3 is 0 Å². The van der Waals surface area contributed by atoms with Gasteiger partial charge in [0.15, 0.2) is 0 Å². The SMILES string of the molecule is O=C([O-])N(Cc1ccccc1)C1CCC(O)CC1. The first kappa shape index (κ1) is 12.9. The van der Waals surface area contributed by atoms with Crippen molar-refractivity contribution in [2.45, 2.75) is 44.4 Å². The van der Waals surface area contributed by atoms with Crippen LogP contribution in [-0.2, 0) is 6.54 Å². The van der Waals surface area contributed by atoms with E-state index in [2.05, 4.69) is 0 Å². The molecule has 0 atom stereocenters. The van der Waals surface area contributed by atoms with Gasteiger partial charge in [0.05, 0.1) is 6.10 Å². The Bertz CT molecular complexity index is 385. The Kier molecular flexibility index (Phi) is 4.20. The Morgan fingerprint density at radius 1 is 1.22 bits per heavy atom. The summed E-state index contributed by atoms with van der Waals surface area (Å²) in [6.07, 6.45) is 1.36. The molecule has 0 aliphatic heterocycles. The van der Waals surface area contributed by atoms with Crippen LogP contribution in [0.2, 0.25) is 0 Å². The molecule has 1 N–H and O–H groups in total. The van der Waals surface area contributed by atoms with Gasteiger partial charge < -0.3 is 19.9 Å². The molecule has 4 heteroatoms. The molecule has 0 heterocycles. The molecule has 4 nitrogen and oxygen atoms in total. The number of hydrogen-bond acceptors (Lipinski definition) is 3. The Labute approximate surface area is 107 Å². The minimum absolute atomic E-state index is 0.0291. The van der Waals surface area contributed by atoms with Gasteiger partial charge in [0.2, 0.25) is 0 Å². The van der Waals surface area contributed by atoms with Crippen molar-refractivity contribution in [2.24, 2.45) is 0 Å². The maximum atomic E-state index is 11.2. The highest BCUT2D eigenvalue weighted by Crippen LogP contribution is 2.24. The van der Waals surface area contributed by atoms with E-state index in [0.29, 0.717) is 32.2 Å². The van der Waals surface area contributed by atoms with Crippen LogP contribution >= 0.6 is 0 Å². The first-order valence-electron chi connectivity index (χ1n) is 6.36. The number of carbonyl (C=O) groups excluding carboxylic acids is 1. The summed E-state index contributed by atoms with van der Waals surface area (Å²) in [5.41, 5.74) is 0.966. The van der Waals surface area contributed by atoms with Crippen molar-refractivity contribution in [2.75, 3.05) is 0 Å². The largest absolute Gasteiger partial charge is 0.530 e. The van der Waals surface area contributed by atoms with E-state index >= 15 is 0 Å².